The van der Waals surface area contributed by atoms with Gasteiger partial charge in [-0.25, -0.2) is 0 Å². The lowest BCUT2D eigenvalue weighted by Gasteiger charge is -2.25. The molecule has 6 nitrogen and oxygen atoms in total. The summed E-state index contributed by atoms with van der Waals surface area (Å²) < 4.78 is 5.72. The number of amides is 2. The lowest BCUT2D eigenvalue weighted by atomic mass is 10.1. The molecule has 3 rings (SSSR count). The van der Waals surface area contributed by atoms with Crippen molar-refractivity contribution in [3.05, 3.63) is 96.1 Å². The number of hydrogen-bond donors (Lipinski definition) is 2. The van der Waals surface area contributed by atoms with E-state index in [4.69, 9.17) is 4.74 Å². The Labute approximate surface area is 182 Å². The van der Waals surface area contributed by atoms with Crippen LogP contribution in [-0.2, 0) is 4.79 Å². The zero-order chi connectivity index (χ0) is 22.1. The van der Waals surface area contributed by atoms with E-state index < -0.39 is 0 Å². The van der Waals surface area contributed by atoms with Gasteiger partial charge in [-0.2, -0.15) is 0 Å². The van der Waals surface area contributed by atoms with Crippen molar-refractivity contribution in [2.24, 2.45) is 0 Å². The minimum Gasteiger partial charge on any atom is -0.457 e. The third kappa shape index (κ3) is 6.69. The van der Waals surface area contributed by atoms with Gasteiger partial charge in [-0.3, -0.25) is 9.59 Å². The summed E-state index contributed by atoms with van der Waals surface area (Å²) >= 11 is 0. The van der Waals surface area contributed by atoms with Gasteiger partial charge in [0.15, 0.2) is 0 Å². The van der Waals surface area contributed by atoms with E-state index in [1.54, 1.807) is 24.3 Å². The third-order valence-corrected chi connectivity index (χ3v) is 4.81. The molecule has 0 bridgehead atoms. The predicted octanol–water partition coefficient (Wildman–Crippen LogP) is 3.63. The highest BCUT2D eigenvalue weighted by Crippen LogP contribution is 2.21. The maximum absolute atomic E-state index is 12.3. The largest absolute Gasteiger partial charge is 0.457 e. The molecule has 0 radical (unpaired) electrons. The number of carbonyl (C=O) groups excluding carboxylic acids is 2. The molecule has 0 aliphatic heterocycles. The molecular weight excluding hydrogens is 390 g/mol. The van der Waals surface area contributed by atoms with Crippen LogP contribution in [0.4, 0.5) is 0 Å². The minimum atomic E-state index is -0.311. The molecule has 0 aliphatic rings. The monoisotopic (exact) mass is 417 g/mol. The van der Waals surface area contributed by atoms with E-state index in [0.29, 0.717) is 17.9 Å². The van der Waals surface area contributed by atoms with Crippen LogP contribution in [-0.4, -0.2) is 43.9 Å². The number of nitrogens with one attached hydrogen (secondary N) is 2. The number of para-hydroxylation sites is 1. The van der Waals surface area contributed by atoms with Crippen molar-refractivity contribution in [1.82, 2.24) is 15.5 Å². The normalized spacial score (nSPS) is 11.6. The van der Waals surface area contributed by atoms with Gasteiger partial charge in [-0.05, 0) is 56.1 Å². The molecule has 2 N–H and O–H groups in total. The fraction of sp³-hybridized carbons (Fsp3) is 0.200. The molecule has 0 fully saturated rings. The van der Waals surface area contributed by atoms with Gasteiger partial charge in [-0.1, -0.05) is 48.5 Å². The minimum absolute atomic E-state index is 0.0537. The van der Waals surface area contributed by atoms with Crippen molar-refractivity contribution in [2.75, 3.05) is 27.2 Å². The Kier molecular flexibility index (Phi) is 7.79. The van der Waals surface area contributed by atoms with E-state index in [1.807, 2.05) is 79.7 Å². The number of carbonyl (C=O) groups is 2. The van der Waals surface area contributed by atoms with Crippen molar-refractivity contribution in [1.29, 1.82) is 0 Å². The fourth-order valence-electron chi connectivity index (χ4n) is 3.11. The molecule has 2 amide bonds. The van der Waals surface area contributed by atoms with Crippen molar-refractivity contribution in [3.8, 4) is 11.5 Å². The van der Waals surface area contributed by atoms with Crippen LogP contribution in [0.25, 0.3) is 0 Å². The molecule has 1 atom stereocenters. The fourth-order valence-corrected chi connectivity index (χ4v) is 3.11. The lowest BCUT2D eigenvalue weighted by Crippen LogP contribution is -2.40. The van der Waals surface area contributed by atoms with Crippen LogP contribution >= 0.6 is 0 Å². The summed E-state index contributed by atoms with van der Waals surface area (Å²) in [5, 5.41) is 5.55. The highest BCUT2D eigenvalue weighted by molar-refractivity contribution is 5.96. The zero-order valence-corrected chi connectivity index (χ0v) is 17.7. The number of nitrogens with zero attached hydrogens (tertiary/aromatic N) is 1. The molecule has 3 aromatic carbocycles. The van der Waals surface area contributed by atoms with Crippen LogP contribution in [0.15, 0.2) is 84.9 Å². The highest BCUT2D eigenvalue weighted by Gasteiger charge is 2.15. The molecule has 6 heteroatoms. The first-order chi connectivity index (χ1) is 15.0. The van der Waals surface area contributed by atoms with Crippen molar-refractivity contribution >= 4 is 11.8 Å². The number of benzene rings is 3. The van der Waals surface area contributed by atoms with Crippen molar-refractivity contribution < 1.29 is 14.3 Å². The Morgan fingerprint density at radius 2 is 1.39 bits per heavy atom. The van der Waals surface area contributed by atoms with Gasteiger partial charge >= 0.3 is 0 Å². The molecule has 0 aliphatic carbocycles. The Hall–Kier alpha value is -3.64. The van der Waals surface area contributed by atoms with E-state index in [1.165, 1.54) is 0 Å². The second kappa shape index (κ2) is 10.9. The average Bonchev–Trinajstić information content (AvgIpc) is 2.79. The summed E-state index contributed by atoms with van der Waals surface area (Å²) in [6.45, 7) is 0.368. The first kappa shape index (κ1) is 22.1. The summed E-state index contributed by atoms with van der Waals surface area (Å²) in [6, 6.07) is 26.2. The van der Waals surface area contributed by atoms with Gasteiger partial charge in [0.2, 0.25) is 5.91 Å². The van der Waals surface area contributed by atoms with Crippen LogP contribution in [0.3, 0.4) is 0 Å². The van der Waals surface area contributed by atoms with E-state index >= 15 is 0 Å². The standard InChI is InChI=1S/C25H27N3O3/c1-28(2)23(19-9-5-3-6-10-19)17-26-24(29)18-27-25(30)20-13-15-22(16-14-20)31-21-11-7-4-8-12-21/h3-16,23H,17-18H2,1-2H3,(H,26,29)(H,27,30)/t23-/m1/s1. The summed E-state index contributed by atoms with van der Waals surface area (Å²) in [6.07, 6.45) is 0. The molecule has 0 aromatic heterocycles. The van der Waals surface area contributed by atoms with Gasteiger partial charge in [0.05, 0.1) is 12.6 Å². The van der Waals surface area contributed by atoms with Crippen LogP contribution < -0.4 is 15.4 Å². The molecule has 0 heterocycles. The van der Waals surface area contributed by atoms with E-state index in [2.05, 4.69) is 10.6 Å². The first-order valence-electron chi connectivity index (χ1n) is 10.1. The Balaban J connectivity index is 1.47. The van der Waals surface area contributed by atoms with Crippen LogP contribution in [0, 0.1) is 0 Å². The maximum atomic E-state index is 12.3. The summed E-state index contributed by atoms with van der Waals surface area (Å²) in [4.78, 5) is 26.6. The van der Waals surface area contributed by atoms with E-state index in [0.717, 1.165) is 11.3 Å². The SMILES string of the molecule is CN(C)[C@H](CNC(=O)CNC(=O)c1ccc(Oc2ccccc2)cc1)c1ccccc1. The molecule has 160 valence electrons. The Bertz CT molecular complexity index is 974. The van der Waals surface area contributed by atoms with E-state index in [-0.39, 0.29) is 24.4 Å². The van der Waals surface area contributed by atoms with Gasteiger partial charge in [0.1, 0.15) is 11.5 Å². The lowest BCUT2D eigenvalue weighted by molar-refractivity contribution is -0.120. The zero-order valence-electron chi connectivity index (χ0n) is 17.7. The van der Waals surface area contributed by atoms with Crippen LogP contribution in [0.2, 0.25) is 0 Å². The molecule has 0 saturated carbocycles. The quantitative estimate of drug-likeness (QED) is 0.558. The predicted molar refractivity (Wildman–Crippen MR) is 121 cm³/mol. The van der Waals surface area contributed by atoms with E-state index in [9.17, 15) is 9.59 Å². The molecule has 3 aromatic rings. The average molecular weight is 418 g/mol. The van der Waals surface area contributed by atoms with Crippen molar-refractivity contribution in [2.45, 2.75) is 6.04 Å². The third-order valence-electron chi connectivity index (χ3n) is 4.81. The smallest absolute Gasteiger partial charge is 0.251 e. The molecular formula is C25H27N3O3. The van der Waals surface area contributed by atoms with Crippen molar-refractivity contribution in [3.63, 3.8) is 0 Å². The Morgan fingerprint density at radius 3 is 2.00 bits per heavy atom. The van der Waals surface area contributed by atoms with Crippen LogP contribution in [0.5, 0.6) is 11.5 Å². The van der Waals surface area contributed by atoms with Gasteiger partial charge < -0.3 is 20.3 Å². The highest BCUT2D eigenvalue weighted by atomic mass is 16.5. The maximum Gasteiger partial charge on any atom is 0.251 e. The second-order valence-electron chi connectivity index (χ2n) is 7.32. The van der Waals surface area contributed by atoms with Gasteiger partial charge in [0, 0.05) is 12.1 Å². The van der Waals surface area contributed by atoms with Gasteiger partial charge in [-0.15, -0.1) is 0 Å². The number of likely N-dealkylation sites (N-methyl/N-ethyl adjacent to an activating group) is 1. The number of ether oxygens (including phenoxy) is 1. The topological polar surface area (TPSA) is 70.7 Å². The second-order valence-corrected chi connectivity index (χ2v) is 7.32. The molecule has 0 spiro atoms. The van der Waals surface area contributed by atoms with Gasteiger partial charge in [0.25, 0.3) is 5.91 Å². The summed E-state index contributed by atoms with van der Waals surface area (Å²) in [5.74, 6) is 0.813. The Morgan fingerprint density at radius 1 is 0.806 bits per heavy atom. The molecule has 0 unspecified atom stereocenters. The molecule has 0 saturated heterocycles. The number of rotatable bonds is 9. The number of hydrogen-bond acceptors (Lipinski definition) is 4. The first-order valence-corrected chi connectivity index (χ1v) is 10.1. The molecule has 31 heavy (non-hydrogen) atoms. The summed E-state index contributed by atoms with van der Waals surface area (Å²) in [5.41, 5.74) is 1.58. The summed E-state index contributed by atoms with van der Waals surface area (Å²) in [7, 11) is 3.94. The van der Waals surface area contributed by atoms with Crippen LogP contribution in [0.1, 0.15) is 22.0 Å².